The molecule has 0 spiro atoms. The van der Waals surface area contributed by atoms with Crippen molar-refractivity contribution in [1.29, 1.82) is 0 Å². The summed E-state index contributed by atoms with van der Waals surface area (Å²) in [5, 5.41) is 2.74. The van der Waals surface area contributed by atoms with Crippen molar-refractivity contribution in [3.63, 3.8) is 0 Å². The van der Waals surface area contributed by atoms with Crippen LogP contribution in [-0.4, -0.2) is 17.0 Å². The van der Waals surface area contributed by atoms with Gasteiger partial charge < -0.3 is 10.1 Å². The molecule has 0 aliphatic carbocycles. The van der Waals surface area contributed by atoms with E-state index in [1.54, 1.807) is 30.5 Å². The number of anilines is 1. The molecule has 0 aliphatic heterocycles. The second-order valence-corrected chi connectivity index (χ2v) is 5.43. The van der Waals surface area contributed by atoms with Crippen molar-refractivity contribution in [3.8, 4) is 5.75 Å². The highest BCUT2D eigenvalue weighted by Crippen LogP contribution is 2.16. The molecule has 0 saturated carbocycles. The molecule has 4 nitrogen and oxygen atoms in total. The number of aromatic nitrogens is 1. The van der Waals surface area contributed by atoms with Crippen LogP contribution in [0.2, 0.25) is 0 Å². The Bertz CT molecular complexity index is 597. The molecule has 0 radical (unpaired) electrons. The Morgan fingerprint density at radius 3 is 2.75 bits per heavy atom. The van der Waals surface area contributed by atoms with Gasteiger partial charge in [-0.15, -0.1) is 0 Å². The number of rotatable bonds is 4. The zero-order chi connectivity index (χ0) is 14.5. The van der Waals surface area contributed by atoms with Crippen LogP contribution in [0.4, 0.5) is 5.82 Å². The first kappa shape index (κ1) is 14.5. The molecule has 5 heteroatoms. The van der Waals surface area contributed by atoms with Gasteiger partial charge in [0.2, 0.25) is 0 Å². The van der Waals surface area contributed by atoms with Crippen LogP contribution in [0, 0.1) is 0 Å². The molecule has 1 heterocycles. The standard InChI is InChI=1S/C15H15BrN2O2/c1-10(2)20-13-5-3-4-11(8-13)15(19)18-14-7-6-12(16)9-17-14/h3-10H,1-2H3,(H,17,18,19). The van der Waals surface area contributed by atoms with Crippen LogP contribution in [0.5, 0.6) is 5.75 Å². The quantitative estimate of drug-likeness (QED) is 0.922. The number of carbonyl (C=O) groups excluding carboxylic acids is 1. The largest absolute Gasteiger partial charge is 0.491 e. The Labute approximate surface area is 126 Å². The first-order valence-corrected chi connectivity index (χ1v) is 7.03. The highest BCUT2D eigenvalue weighted by Gasteiger charge is 2.08. The van der Waals surface area contributed by atoms with Gasteiger partial charge in [-0.3, -0.25) is 4.79 Å². The fourth-order valence-electron chi connectivity index (χ4n) is 1.62. The summed E-state index contributed by atoms with van der Waals surface area (Å²) in [5.74, 6) is 0.971. The lowest BCUT2D eigenvalue weighted by molar-refractivity contribution is 0.102. The third-order valence-corrected chi connectivity index (χ3v) is 2.91. The number of nitrogens with one attached hydrogen (secondary N) is 1. The van der Waals surface area contributed by atoms with E-state index in [-0.39, 0.29) is 12.0 Å². The predicted octanol–water partition coefficient (Wildman–Crippen LogP) is 3.88. The third-order valence-electron chi connectivity index (χ3n) is 2.44. The first-order valence-electron chi connectivity index (χ1n) is 6.24. The number of ether oxygens (including phenoxy) is 1. The van der Waals surface area contributed by atoms with Crippen LogP contribution >= 0.6 is 15.9 Å². The van der Waals surface area contributed by atoms with Crippen molar-refractivity contribution >= 4 is 27.7 Å². The van der Waals surface area contributed by atoms with Gasteiger partial charge in [0, 0.05) is 16.2 Å². The van der Waals surface area contributed by atoms with Crippen LogP contribution < -0.4 is 10.1 Å². The smallest absolute Gasteiger partial charge is 0.256 e. The van der Waals surface area contributed by atoms with E-state index in [9.17, 15) is 4.79 Å². The van der Waals surface area contributed by atoms with Crippen molar-refractivity contribution in [2.45, 2.75) is 20.0 Å². The molecule has 1 aromatic carbocycles. The van der Waals surface area contributed by atoms with Crippen LogP contribution in [0.15, 0.2) is 47.1 Å². The predicted molar refractivity (Wildman–Crippen MR) is 82.1 cm³/mol. The highest BCUT2D eigenvalue weighted by molar-refractivity contribution is 9.10. The lowest BCUT2D eigenvalue weighted by Gasteiger charge is -2.11. The summed E-state index contributed by atoms with van der Waals surface area (Å²) in [5.41, 5.74) is 0.535. The zero-order valence-corrected chi connectivity index (χ0v) is 12.8. The third kappa shape index (κ3) is 4.06. The Morgan fingerprint density at radius 1 is 1.30 bits per heavy atom. The molecule has 0 bridgehead atoms. The van der Waals surface area contributed by atoms with Gasteiger partial charge in [0.15, 0.2) is 0 Å². The van der Waals surface area contributed by atoms with E-state index >= 15 is 0 Å². The minimum atomic E-state index is -0.214. The lowest BCUT2D eigenvalue weighted by Crippen LogP contribution is -2.13. The molecule has 0 aliphatic rings. The summed E-state index contributed by atoms with van der Waals surface area (Å²) >= 11 is 3.30. The Hall–Kier alpha value is -1.88. The van der Waals surface area contributed by atoms with Gasteiger partial charge in [0.1, 0.15) is 11.6 Å². The van der Waals surface area contributed by atoms with Gasteiger partial charge in [-0.05, 0) is 60.1 Å². The minimum absolute atomic E-state index is 0.0708. The summed E-state index contributed by atoms with van der Waals surface area (Å²) in [7, 11) is 0. The van der Waals surface area contributed by atoms with Crippen molar-refractivity contribution < 1.29 is 9.53 Å². The first-order chi connectivity index (χ1) is 9.54. The molecule has 0 atom stereocenters. The average molecular weight is 335 g/mol. The molecule has 0 unspecified atom stereocenters. The van der Waals surface area contributed by atoms with E-state index in [1.165, 1.54) is 0 Å². The lowest BCUT2D eigenvalue weighted by atomic mass is 10.2. The second kappa shape index (κ2) is 6.52. The maximum absolute atomic E-state index is 12.1. The second-order valence-electron chi connectivity index (χ2n) is 4.51. The number of amides is 1. The van der Waals surface area contributed by atoms with Crippen molar-refractivity contribution in [3.05, 3.63) is 52.6 Å². The van der Waals surface area contributed by atoms with Gasteiger partial charge in [-0.2, -0.15) is 0 Å². The fourth-order valence-corrected chi connectivity index (χ4v) is 1.86. The summed E-state index contributed by atoms with van der Waals surface area (Å²) in [6.45, 7) is 3.89. The zero-order valence-electron chi connectivity index (χ0n) is 11.3. The molecule has 1 N–H and O–H groups in total. The number of pyridine rings is 1. The van der Waals surface area contributed by atoms with Gasteiger partial charge in [0.25, 0.3) is 5.91 Å². The monoisotopic (exact) mass is 334 g/mol. The van der Waals surface area contributed by atoms with E-state index in [2.05, 4.69) is 26.2 Å². The molecule has 20 heavy (non-hydrogen) atoms. The summed E-state index contributed by atoms with van der Waals surface area (Å²) < 4.78 is 6.43. The molecule has 104 valence electrons. The highest BCUT2D eigenvalue weighted by atomic mass is 79.9. The number of hydrogen-bond donors (Lipinski definition) is 1. The summed E-state index contributed by atoms with van der Waals surface area (Å²) in [4.78, 5) is 16.2. The topological polar surface area (TPSA) is 51.2 Å². The maximum atomic E-state index is 12.1. The molecular formula is C15H15BrN2O2. The molecule has 1 aromatic heterocycles. The molecule has 0 saturated heterocycles. The van der Waals surface area contributed by atoms with Crippen molar-refractivity contribution in [1.82, 2.24) is 4.98 Å². The van der Waals surface area contributed by atoms with E-state index < -0.39 is 0 Å². The molecule has 1 amide bonds. The molecule has 2 rings (SSSR count). The number of benzene rings is 1. The van der Waals surface area contributed by atoms with Crippen molar-refractivity contribution in [2.24, 2.45) is 0 Å². The number of nitrogens with zero attached hydrogens (tertiary/aromatic N) is 1. The average Bonchev–Trinajstić information content (AvgIpc) is 2.41. The van der Waals surface area contributed by atoms with Crippen LogP contribution in [-0.2, 0) is 0 Å². The molecule has 2 aromatic rings. The number of carbonyl (C=O) groups is 1. The molecular weight excluding hydrogens is 320 g/mol. The van der Waals surface area contributed by atoms with E-state index in [1.807, 2.05) is 26.0 Å². The maximum Gasteiger partial charge on any atom is 0.256 e. The van der Waals surface area contributed by atoms with Crippen LogP contribution in [0.1, 0.15) is 24.2 Å². The SMILES string of the molecule is CC(C)Oc1cccc(C(=O)Nc2ccc(Br)cn2)c1. The normalized spacial score (nSPS) is 10.4. The van der Waals surface area contributed by atoms with E-state index in [0.717, 1.165) is 4.47 Å². The Morgan fingerprint density at radius 2 is 2.10 bits per heavy atom. The van der Waals surface area contributed by atoms with Crippen molar-refractivity contribution in [2.75, 3.05) is 5.32 Å². The summed E-state index contributed by atoms with van der Waals surface area (Å²) in [6.07, 6.45) is 1.70. The minimum Gasteiger partial charge on any atom is -0.491 e. The van der Waals surface area contributed by atoms with Gasteiger partial charge in [-0.25, -0.2) is 4.98 Å². The van der Waals surface area contributed by atoms with E-state index in [0.29, 0.717) is 17.1 Å². The fraction of sp³-hybridized carbons (Fsp3) is 0.200. The number of hydrogen-bond acceptors (Lipinski definition) is 3. The van der Waals surface area contributed by atoms with Gasteiger partial charge >= 0.3 is 0 Å². The van der Waals surface area contributed by atoms with Crippen LogP contribution in [0.3, 0.4) is 0 Å². The van der Waals surface area contributed by atoms with Gasteiger partial charge in [0.05, 0.1) is 6.10 Å². The Balaban J connectivity index is 2.10. The Kier molecular flexibility index (Phi) is 4.74. The molecule has 0 fully saturated rings. The number of halogens is 1. The van der Waals surface area contributed by atoms with Gasteiger partial charge in [-0.1, -0.05) is 6.07 Å². The summed E-state index contributed by atoms with van der Waals surface area (Å²) in [6, 6.07) is 10.6. The van der Waals surface area contributed by atoms with Crippen LogP contribution in [0.25, 0.3) is 0 Å². The van der Waals surface area contributed by atoms with E-state index in [4.69, 9.17) is 4.74 Å².